The minimum Gasteiger partial charge on any atom is -0.493 e. The van der Waals surface area contributed by atoms with Crippen LogP contribution in [0.3, 0.4) is 0 Å². The highest BCUT2D eigenvalue weighted by atomic mass is 16.6. The summed E-state index contributed by atoms with van der Waals surface area (Å²) >= 11 is 0. The molecule has 6 nitrogen and oxygen atoms in total. The van der Waals surface area contributed by atoms with Gasteiger partial charge in [-0.2, -0.15) is 4.98 Å². The van der Waals surface area contributed by atoms with Crippen molar-refractivity contribution >= 4 is 5.97 Å². The molecule has 0 bridgehead atoms. The molecule has 1 aromatic carbocycles. The van der Waals surface area contributed by atoms with E-state index in [9.17, 15) is 4.79 Å². The monoisotopic (exact) mass is 291 g/mol. The lowest BCUT2D eigenvalue weighted by atomic mass is 10.2. The third-order valence-electron chi connectivity index (χ3n) is 2.79. The molecule has 0 spiro atoms. The lowest BCUT2D eigenvalue weighted by Gasteiger charge is -2.07. The molecule has 0 saturated heterocycles. The number of benzene rings is 1. The van der Waals surface area contributed by atoms with Gasteiger partial charge in [0.1, 0.15) is 0 Å². The number of hydrogen-bond donors (Lipinski definition) is 0. The molecule has 1 aromatic heterocycles. The van der Waals surface area contributed by atoms with E-state index < -0.39 is 0 Å². The Bertz CT molecular complexity index is 620. The topological polar surface area (TPSA) is 70.8 Å². The number of nitrogens with zero attached hydrogens (tertiary/aromatic N) is 1. The number of ether oxygens (including phenoxy) is 3. The van der Waals surface area contributed by atoms with Gasteiger partial charge in [0, 0.05) is 12.0 Å². The van der Waals surface area contributed by atoms with Crippen molar-refractivity contribution in [3.63, 3.8) is 0 Å². The fourth-order valence-corrected chi connectivity index (χ4v) is 1.78. The quantitative estimate of drug-likeness (QED) is 0.762. The van der Waals surface area contributed by atoms with Crippen LogP contribution in [0.25, 0.3) is 11.5 Å². The van der Waals surface area contributed by atoms with E-state index >= 15 is 0 Å². The van der Waals surface area contributed by atoms with Crippen LogP contribution in [-0.4, -0.2) is 25.2 Å². The van der Waals surface area contributed by atoms with Crippen LogP contribution in [0.2, 0.25) is 0 Å². The van der Waals surface area contributed by atoms with Crippen molar-refractivity contribution in [1.29, 1.82) is 0 Å². The first kappa shape index (κ1) is 14.9. The Morgan fingerprint density at radius 1 is 1.24 bits per heavy atom. The smallest absolute Gasteiger partial charge is 0.312 e. The average Bonchev–Trinajstić information content (AvgIpc) is 2.95. The zero-order valence-electron chi connectivity index (χ0n) is 12.2. The highest BCUT2D eigenvalue weighted by molar-refractivity contribution is 5.72. The van der Waals surface area contributed by atoms with Gasteiger partial charge in [0.15, 0.2) is 17.8 Å². The van der Waals surface area contributed by atoms with Gasteiger partial charge in [0.25, 0.3) is 5.88 Å². The van der Waals surface area contributed by atoms with Gasteiger partial charge >= 0.3 is 5.97 Å². The first-order valence-corrected chi connectivity index (χ1v) is 6.56. The fourth-order valence-electron chi connectivity index (χ4n) is 1.78. The highest BCUT2D eigenvalue weighted by Crippen LogP contribution is 2.32. The molecule has 0 aliphatic heterocycles. The number of esters is 1. The first-order chi connectivity index (χ1) is 10.2. The molecular weight excluding hydrogens is 274 g/mol. The summed E-state index contributed by atoms with van der Waals surface area (Å²) in [6, 6.07) is 5.27. The number of carbonyl (C=O) groups is 1. The number of hydrogen-bond acceptors (Lipinski definition) is 6. The number of aromatic nitrogens is 1. The second kappa shape index (κ2) is 6.78. The van der Waals surface area contributed by atoms with Gasteiger partial charge in [-0.1, -0.05) is 6.92 Å². The van der Waals surface area contributed by atoms with Gasteiger partial charge in [-0.15, -0.1) is 0 Å². The van der Waals surface area contributed by atoms with Crippen molar-refractivity contribution in [3.05, 3.63) is 24.5 Å². The van der Waals surface area contributed by atoms with Crippen LogP contribution in [0.1, 0.15) is 19.8 Å². The SMILES string of the molecule is CCCC(=O)Oc1coc(-c2ccc(OC)c(OC)c2)n1. The number of oxazole rings is 1. The van der Waals surface area contributed by atoms with Crippen LogP contribution in [0.5, 0.6) is 17.4 Å². The van der Waals surface area contributed by atoms with Crippen LogP contribution < -0.4 is 14.2 Å². The van der Waals surface area contributed by atoms with E-state index in [4.69, 9.17) is 18.6 Å². The van der Waals surface area contributed by atoms with Crippen molar-refractivity contribution in [2.75, 3.05) is 14.2 Å². The molecule has 0 fully saturated rings. The molecule has 2 rings (SSSR count). The van der Waals surface area contributed by atoms with Crippen LogP contribution >= 0.6 is 0 Å². The zero-order valence-corrected chi connectivity index (χ0v) is 12.2. The predicted octanol–water partition coefficient (Wildman–Crippen LogP) is 3.06. The summed E-state index contributed by atoms with van der Waals surface area (Å²) in [4.78, 5) is 15.5. The third kappa shape index (κ3) is 3.53. The zero-order chi connectivity index (χ0) is 15.2. The van der Waals surface area contributed by atoms with Gasteiger partial charge < -0.3 is 18.6 Å². The van der Waals surface area contributed by atoms with E-state index in [1.165, 1.54) is 6.26 Å². The number of rotatable bonds is 6. The Hall–Kier alpha value is -2.50. The van der Waals surface area contributed by atoms with Crippen LogP contribution in [0, 0.1) is 0 Å². The van der Waals surface area contributed by atoms with E-state index in [1.807, 2.05) is 6.92 Å². The minimum atomic E-state index is -0.329. The van der Waals surface area contributed by atoms with Gasteiger partial charge in [0.2, 0.25) is 5.89 Å². The summed E-state index contributed by atoms with van der Waals surface area (Å²) in [5.41, 5.74) is 0.699. The molecule has 1 heterocycles. The maximum Gasteiger partial charge on any atom is 0.312 e. The lowest BCUT2D eigenvalue weighted by molar-refractivity contribution is -0.134. The minimum absolute atomic E-state index is 0.151. The number of carbonyl (C=O) groups excluding carboxylic acids is 1. The molecule has 0 saturated carbocycles. The van der Waals surface area contributed by atoms with Crippen LogP contribution in [0.15, 0.2) is 28.9 Å². The second-order valence-corrected chi connectivity index (χ2v) is 4.28. The van der Waals surface area contributed by atoms with E-state index in [0.29, 0.717) is 29.4 Å². The van der Waals surface area contributed by atoms with Crippen molar-refractivity contribution in [2.45, 2.75) is 19.8 Å². The van der Waals surface area contributed by atoms with Gasteiger partial charge in [-0.25, -0.2) is 0 Å². The van der Waals surface area contributed by atoms with E-state index in [0.717, 1.165) is 6.42 Å². The Balaban J connectivity index is 2.19. The molecule has 0 radical (unpaired) electrons. The van der Waals surface area contributed by atoms with Crippen LogP contribution in [-0.2, 0) is 4.79 Å². The van der Waals surface area contributed by atoms with E-state index in [1.54, 1.807) is 32.4 Å². The summed E-state index contributed by atoms with van der Waals surface area (Å²) in [5.74, 6) is 1.35. The second-order valence-electron chi connectivity index (χ2n) is 4.28. The molecular formula is C15H17NO5. The van der Waals surface area contributed by atoms with Gasteiger partial charge in [-0.3, -0.25) is 4.79 Å². The van der Waals surface area contributed by atoms with Crippen molar-refractivity contribution in [3.8, 4) is 28.8 Å². The molecule has 2 aromatic rings. The number of methoxy groups -OCH3 is 2. The molecule has 21 heavy (non-hydrogen) atoms. The summed E-state index contributed by atoms with van der Waals surface area (Å²) < 4.78 is 20.8. The fraction of sp³-hybridized carbons (Fsp3) is 0.333. The normalized spacial score (nSPS) is 10.2. The molecule has 0 amide bonds. The van der Waals surface area contributed by atoms with Crippen LogP contribution in [0.4, 0.5) is 0 Å². The third-order valence-corrected chi connectivity index (χ3v) is 2.79. The molecule has 0 aliphatic rings. The highest BCUT2D eigenvalue weighted by Gasteiger charge is 2.13. The summed E-state index contributed by atoms with van der Waals surface area (Å²) in [7, 11) is 3.11. The summed E-state index contributed by atoms with van der Waals surface area (Å²) in [5, 5.41) is 0. The van der Waals surface area contributed by atoms with Crippen molar-refractivity contribution in [2.24, 2.45) is 0 Å². The molecule has 0 unspecified atom stereocenters. The van der Waals surface area contributed by atoms with E-state index in [-0.39, 0.29) is 11.8 Å². The molecule has 6 heteroatoms. The first-order valence-electron chi connectivity index (χ1n) is 6.56. The predicted molar refractivity (Wildman–Crippen MR) is 75.6 cm³/mol. The van der Waals surface area contributed by atoms with Crippen molar-refractivity contribution < 1.29 is 23.4 Å². The van der Waals surface area contributed by atoms with Crippen molar-refractivity contribution in [1.82, 2.24) is 4.98 Å². The van der Waals surface area contributed by atoms with Gasteiger partial charge in [-0.05, 0) is 24.6 Å². The summed E-state index contributed by atoms with van der Waals surface area (Å²) in [6.07, 6.45) is 2.37. The Morgan fingerprint density at radius 3 is 2.67 bits per heavy atom. The van der Waals surface area contributed by atoms with E-state index in [2.05, 4.69) is 4.98 Å². The maximum absolute atomic E-state index is 11.4. The molecule has 0 atom stereocenters. The summed E-state index contributed by atoms with van der Waals surface area (Å²) in [6.45, 7) is 1.90. The van der Waals surface area contributed by atoms with Gasteiger partial charge in [0.05, 0.1) is 14.2 Å². The maximum atomic E-state index is 11.4. The Morgan fingerprint density at radius 2 is 2.00 bits per heavy atom. The Labute approximate surface area is 122 Å². The molecule has 0 aliphatic carbocycles. The largest absolute Gasteiger partial charge is 0.493 e. The average molecular weight is 291 g/mol. The lowest BCUT2D eigenvalue weighted by Crippen LogP contribution is -2.06. The molecule has 112 valence electrons. The Kier molecular flexibility index (Phi) is 4.81. The standard InChI is InChI=1S/C15H17NO5/c1-4-5-14(17)21-13-9-20-15(16-13)10-6-7-11(18-2)12(8-10)19-3/h6-9H,4-5H2,1-3H3. The molecule has 0 N–H and O–H groups in total.